The van der Waals surface area contributed by atoms with Gasteiger partial charge in [-0.1, -0.05) is 35.8 Å². The molecule has 0 radical (unpaired) electrons. The van der Waals surface area contributed by atoms with E-state index in [2.05, 4.69) is 45.4 Å². The van der Waals surface area contributed by atoms with Gasteiger partial charge < -0.3 is 10.6 Å². The summed E-state index contributed by atoms with van der Waals surface area (Å²) in [5.74, 6) is 1.20. The molecule has 1 aromatic carbocycles. The molecule has 2 rings (SSSR count). The second kappa shape index (κ2) is 7.94. The molecule has 116 valence electrons. The molecule has 4 nitrogen and oxygen atoms in total. The molecule has 0 saturated carbocycles. The van der Waals surface area contributed by atoms with E-state index in [1.807, 2.05) is 24.3 Å². The molecule has 0 bridgehead atoms. The molecule has 1 amide bonds. The van der Waals surface area contributed by atoms with E-state index in [0.717, 1.165) is 16.6 Å². The van der Waals surface area contributed by atoms with E-state index in [-0.39, 0.29) is 5.91 Å². The summed E-state index contributed by atoms with van der Waals surface area (Å²) in [5.41, 5.74) is 1.51. The van der Waals surface area contributed by atoms with Crippen LogP contribution in [0.25, 0.3) is 0 Å². The highest BCUT2D eigenvalue weighted by Gasteiger charge is 2.06. The Morgan fingerprint density at radius 3 is 2.73 bits per heavy atom. The molecule has 0 aliphatic carbocycles. The van der Waals surface area contributed by atoms with Gasteiger partial charge in [-0.3, -0.25) is 4.79 Å². The van der Waals surface area contributed by atoms with E-state index in [4.69, 9.17) is 0 Å². The van der Waals surface area contributed by atoms with Gasteiger partial charge in [-0.15, -0.1) is 0 Å². The van der Waals surface area contributed by atoms with Crippen molar-refractivity contribution in [2.45, 2.75) is 20.3 Å². The number of nitrogens with one attached hydrogen (secondary N) is 2. The number of hydrogen-bond donors (Lipinski definition) is 2. The number of amides is 1. The molecule has 22 heavy (non-hydrogen) atoms. The smallest absolute Gasteiger partial charge is 0.252 e. The van der Waals surface area contributed by atoms with Crippen molar-refractivity contribution < 1.29 is 4.79 Å². The normalized spacial score (nSPS) is 10.5. The number of aromatic nitrogens is 1. The molecule has 0 aliphatic heterocycles. The molecule has 0 fully saturated rings. The first kappa shape index (κ1) is 16.5. The average molecular weight is 362 g/mol. The zero-order valence-corrected chi connectivity index (χ0v) is 14.4. The van der Waals surface area contributed by atoms with E-state index in [1.54, 1.807) is 18.3 Å². The van der Waals surface area contributed by atoms with Crippen molar-refractivity contribution in [2.24, 2.45) is 5.92 Å². The van der Waals surface area contributed by atoms with Crippen LogP contribution in [0.4, 0.5) is 11.5 Å². The van der Waals surface area contributed by atoms with E-state index in [9.17, 15) is 4.79 Å². The van der Waals surface area contributed by atoms with E-state index < -0.39 is 0 Å². The van der Waals surface area contributed by atoms with E-state index >= 15 is 0 Å². The second-order valence-electron chi connectivity index (χ2n) is 5.51. The van der Waals surface area contributed by atoms with Gasteiger partial charge in [0.25, 0.3) is 5.91 Å². The summed E-state index contributed by atoms with van der Waals surface area (Å²) >= 11 is 3.43. The third-order valence-corrected chi connectivity index (χ3v) is 3.62. The van der Waals surface area contributed by atoms with Crippen LogP contribution in [0, 0.1) is 5.92 Å². The van der Waals surface area contributed by atoms with Gasteiger partial charge in [-0.2, -0.15) is 0 Å². The highest BCUT2D eigenvalue weighted by molar-refractivity contribution is 9.10. The predicted molar refractivity (Wildman–Crippen MR) is 93.4 cm³/mol. The summed E-state index contributed by atoms with van der Waals surface area (Å²) in [7, 11) is 0. The number of rotatable bonds is 6. The fourth-order valence-electron chi connectivity index (χ4n) is 1.89. The monoisotopic (exact) mass is 361 g/mol. The van der Waals surface area contributed by atoms with Gasteiger partial charge in [0.1, 0.15) is 5.82 Å². The maximum absolute atomic E-state index is 12.0. The summed E-state index contributed by atoms with van der Waals surface area (Å²) < 4.78 is 0.999. The fourth-order valence-corrected chi connectivity index (χ4v) is 2.29. The number of nitrogens with zero attached hydrogens (tertiary/aromatic N) is 1. The summed E-state index contributed by atoms with van der Waals surface area (Å²) in [6, 6.07) is 11.4. The van der Waals surface area contributed by atoms with Crippen LogP contribution in [0.5, 0.6) is 0 Å². The van der Waals surface area contributed by atoms with Crippen LogP contribution in [0.2, 0.25) is 0 Å². The minimum absolute atomic E-state index is 0.0813. The van der Waals surface area contributed by atoms with Gasteiger partial charge in [-0.05, 0) is 42.7 Å². The van der Waals surface area contributed by atoms with Crippen LogP contribution < -0.4 is 10.6 Å². The number of pyridine rings is 1. The molecule has 1 heterocycles. The quantitative estimate of drug-likeness (QED) is 0.803. The molecule has 2 N–H and O–H groups in total. The van der Waals surface area contributed by atoms with E-state index in [1.165, 1.54) is 0 Å². The Labute approximate surface area is 139 Å². The summed E-state index contributed by atoms with van der Waals surface area (Å²) in [4.78, 5) is 16.2. The number of anilines is 2. The van der Waals surface area contributed by atoms with Gasteiger partial charge in [0.2, 0.25) is 0 Å². The van der Waals surface area contributed by atoms with Crippen LogP contribution in [0.15, 0.2) is 47.1 Å². The van der Waals surface area contributed by atoms with Crippen molar-refractivity contribution in [2.75, 3.05) is 11.9 Å². The SMILES string of the molecule is CC(C)CCNC(=O)c1ccc(Nc2cccc(Br)c2)nc1. The van der Waals surface area contributed by atoms with Crippen LogP contribution in [-0.2, 0) is 0 Å². The zero-order valence-electron chi connectivity index (χ0n) is 12.8. The number of halogens is 1. The molecule has 2 aromatic rings. The highest BCUT2D eigenvalue weighted by atomic mass is 79.9. The largest absolute Gasteiger partial charge is 0.352 e. The maximum Gasteiger partial charge on any atom is 0.252 e. The lowest BCUT2D eigenvalue weighted by Gasteiger charge is -2.08. The van der Waals surface area contributed by atoms with Gasteiger partial charge in [0.05, 0.1) is 5.56 Å². The van der Waals surface area contributed by atoms with Crippen molar-refractivity contribution in [3.05, 3.63) is 52.6 Å². The Morgan fingerprint density at radius 1 is 1.27 bits per heavy atom. The minimum atomic E-state index is -0.0813. The second-order valence-corrected chi connectivity index (χ2v) is 6.42. The van der Waals surface area contributed by atoms with Crippen molar-refractivity contribution in [3.8, 4) is 0 Å². The summed E-state index contributed by atoms with van der Waals surface area (Å²) in [6.07, 6.45) is 2.56. The Balaban J connectivity index is 1.93. The topological polar surface area (TPSA) is 54.0 Å². The first-order chi connectivity index (χ1) is 10.5. The summed E-state index contributed by atoms with van der Waals surface area (Å²) in [6.45, 7) is 4.96. The molecule has 0 atom stereocenters. The fraction of sp³-hybridized carbons (Fsp3) is 0.294. The molecule has 1 aromatic heterocycles. The van der Waals surface area contributed by atoms with Crippen molar-refractivity contribution in [1.82, 2.24) is 10.3 Å². The Hall–Kier alpha value is -1.88. The Morgan fingerprint density at radius 2 is 2.09 bits per heavy atom. The molecular formula is C17H20BrN3O. The first-order valence-electron chi connectivity index (χ1n) is 7.31. The van der Waals surface area contributed by atoms with Crippen LogP contribution >= 0.6 is 15.9 Å². The van der Waals surface area contributed by atoms with Gasteiger partial charge in [-0.25, -0.2) is 4.98 Å². The first-order valence-corrected chi connectivity index (χ1v) is 8.11. The van der Waals surface area contributed by atoms with Crippen molar-refractivity contribution >= 4 is 33.3 Å². The van der Waals surface area contributed by atoms with Gasteiger partial charge in [0.15, 0.2) is 0 Å². The lowest BCUT2D eigenvalue weighted by Crippen LogP contribution is -2.25. The third kappa shape index (κ3) is 5.15. The number of benzene rings is 1. The zero-order chi connectivity index (χ0) is 15.9. The predicted octanol–water partition coefficient (Wildman–Crippen LogP) is 4.36. The average Bonchev–Trinajstić information content (AvgIpc) is 2.47. The Kier molecular flexibility index (Phi) is 5.95. The maximum atomic E-state index is 12.0. The lowest BCUT2D eigenvalue weighted by molar-refractivity contribution is 0.0951. The van der Waals surface area contributed by atoms with Gasteiger partial charge >= 0.3 is 0 Å². The molecule has 0 saturated heterocycles. The van der Waals surface area contributed by atoms with Gasteiger partial charge in [0, 0.05) is 22.9 Å². The molecule has 0 unspecified atom stereocenters. The van der Waals surface area contributed by atoms with Crippen LogP contribution in [0.1, 0.15) is 30.6 Å². The molecule has 0 spiro atoms. The number of carbonyl (C=O) groups is 1. The third-order valence-electron chi connectivity index (χ3n) is 3.13. The lowest BCUT2D eigenvalue weighted by atomic mass is 10.1. The van der Waals surface area contributed by atoms with E-state index in [0.29, 0.717) is 23.8 Å². The molecule has 5 heteroatoms. The minimum Gasteiger partial charge on any atom is -0.352 e. The van der Waals surface area contributed by atoms with Crippen LogP contribution in [0.3, 0.4) is 0 Å². The molecular weight excluding hydrogens is 342 g/mol. The Bertz CT molecular complexity index is 626. The highest BCUT2D eigenvalue weighted by Crippen LogP contribution is 2.19. The van der Waals surface area contributed by atoms with Crippen molar-refractivity contribution in [3.63, 3.8) is 0 Å². The standard InChI is InChI=1S/C17H20BrN3O/c1-12(2)8-9-19-17(22)13-6-7-16(20-11-13)21-15-5-3-4-14(18)10-15/h3-7,10-12H,8-9H2,1-2H3,(H,19,22)(H,20,21). The molecule has 0 aliphatic rings. The summed E-state index contributed by atoms with van der Waals surface area (Å²) in [5, 5.41) is 6.10. The van der Waals surface area contributed by atoms with Crippen molar-refractivity contribution in [1.29, 1.82) is 0 Å². The van der Waals surface area contributed by atoms with Crippen LogP contribution in [-0.4, -0.2) is 17.4 Å². The number of hydrogen-bond acceptors (Lipinski definition) is 3. The number of carbonyl (C=O) groups excluding carboxylic acids is 1.